The van der Waals surface area contributed by atoms with Gasteiger partial charge in [-0.3, -0.25) is 4.79 Å². The highest BCUT2D eigenvalue weighted by Crippen LogP contribution is 2.10. The van der Waals surface area contributed by atoms with Crippen LogP contribution in [0.15, 0.2) is 29.2 Å². The van der Waals surface area contributed by atoms with Crippen molar-refractivity contribution in [1.82, 2.24) is 4.72 Å². The third kappa shape index (κ3) is 4.36. The lowest BCUT2D eigenvalue weighted by atomic mass is 10.2. The normalized spacial score (nSPS) is 11.4. The van der Waals surface area contributed by atoms with Gasteiger partial charge in [-0.05, 0) is 25.5 Å². The van der Waals surface area contributed by atoms with Crippen molar-refractivity contribution in [1.29, 1.82) is 0 Å². The van der Waals surface area contributed by atoms with E-state index in [1.54, 1.807) is 0 Å². The SMILES string of the molecule is CC(=O)c1ccc(S(=O)(=O)NCCCI)cc1. The number of rotatable bonds is 6. The number of benzene rings is 1. The number of hydrogen-bond acceptors (Lipinski definition) is 3. The van der Waals surface area contributed by atoms with E-state index in [0.29, 0.717) is 12.1 Å². The van der Waals surface area contributed by atoms with Crippen LogP contribution in [0.25, 0.3) is 0 Å². The molecule has 0 radical (unpaired) electrons. The van der Waals surface area contributed by atoms with Gasteiger partial charge >= 0.3 is 0 Å². The summed E-state index contributed by atoms with van der Waals surface area (Å²) >= 11 is 2.19. The van der Waals surface area contributed by atoms with Crippen molar-refractivity contribution in [2.45, 2.75) is 18.2 Å². The molecule has 0 atom stereocenters. The molecule has 0 fully saturated rings. The molecule has 4 nitrogen and oxygen atoms in total. The number of carbonyl (C=O) groups is 1. The molecule has 0 saturated carbocycles. The van der Waals surface area contributed by atoms with Crippen LogP contribution in [0.1, 0.15) is 23.7 Å². The van der Waals surface area contributed by atoms with Crippen LogP contribution in [-0.4, -0.2) is 25.2 Å². The molecule has 94 valence electrons. The summed E-state index contributed by atoms with van der Waals surface area (Å²) in [6.07, 6.45) is 0.797. The average molecular weight is 367 g/mol. The average Bonchev–Trinajstić information content (AvgIpc) is 2.29. The number of carbonyl (C=O) groups excluding carboxylic acids is 1. The van der Waals surface area contributed by atoms with Crippen molar-refractivity contribution < 1.29 is 13.2 Å². The Kier molecular flexibility index (Phi) is 5.54. The minimum atomic E-state index is -3.44. The van der Waals surface area contributed by atoms with Gasteiger partial charge in [-0.25, -0.2) is 13.1 Å². The monoisotopic (exact) mass is 367 g/mol. The van der Waals surface area contributed by atoms with Crippen LogP contribution in [0, 0.1) is 0 Å². The van der Waals surface area contributed by atoms with Gasteiger partial charge in [0.05, 0.1) is 4.90 Å². The van der Waals surface area contributed by atoms with Crippen molar-refractivity contribution in [3.05, 3.63) is 29.8 Å². The summed E-state index contributed by atoms with van der Waals surface area (Å²) in [7, 11) is -3.44. The summed E-state index contributed by atoms with van der Waals surface area (Å²) in [4.78, 5) is 11.2. The predicted molar refractivity (Wildman–Crippen MR) is 75.1 cm³/mol. The Hall–Kier alpha value is -0.470. The highest BCUT2D eigenvalue weighted by molar-refractivity contribution is 14.1. The molecule has 0 spiro atoms. The Morgan fingerprint density at radius 3 is 2.35 bits per heavy atom. The molecule has 0 aliphatic carbocycles. The second kappa shape index (κ2) is 6.46. The molecule has 0 saturated heterocycles. The second-order valence-electron chi connectivity index (χ2n) is 3.52. The van der Waals surface area contributed by atoms with Crippen LogP contribution in [0.4, 0.5) is 0 Å². The van der Waals surface area contributed by atoms with Gasteiger partial charge in [-0.2, -0.15) is 0 Å². The first-order valence-corrected chi connectivity index (χ1v) is 8.15. The summed E-state index contributed by atoms with van der Waals surface area (Å²) in [6.45, 7) is 1.88. The fraction of sp³-hybridized carbons (Fsp3) is 0.364. The van der Waals surface area contributed by atoms with Crippen LogP contribution in [0.2, 0.25) is 0 Å². The van der Waals surface area contributed by atoms with Gasteiger partial charge in [0.1, 0.15) is 0 Å². The van der Waals surface area contributed by atoms with Crippen molar-refractivity contribution in [2.24, 2.45) is 0 Å². The van der Waals surface area contributed by atoms with E-state index in [9.17, 15) is 13.2 Å². The Labute approximate surface area is 115 Å². The third-order valence-corrected chi connectivity index (χ3v) is 4.41. The maximum absolute atomic E-state index is 11.8. The third-order valence-electron chi connectivity index (χ3n) is 2.17. The summed E-state index contributed by atoms with van der Waals surface area (Å²) in [6, 6.07) is 5.94. The van der Waals surface area contributed by atoms with Gasteiger partial charge in [-0.15, -0.1) is 0 Å². The minimum Gasteiger partial charge on any atom is -0.295 e. The molecule has 17 heavy (non-hydrogen) atoms. The van der Waals surface area contributed by atoms with Gasteiger partial charge in [0.2, 0.25) is 10.0 Å². The van der Waals surface area contributed by atoms with Crippen LogP contribution < -0.4 is 4.72 Å². The molecule has 0 amide bonds. The van der Waals surface area contributed by atoms with Crippen LogP contribution >= 0.6 is 22.6 Å². The zero-order chi connectivity index (χ0) is 12.9. The zero-order valence-corrected chi connectivity index (χ0v) is 12.4. The van der Waals surface area contributed by atoms with Crippen LogP contribution in [0.5, 0.6) is 0 Å². The molecule has 0 aliphatic rings. The number of nitrogens with one attached hydrogen (secondary N) is 1. The van der Waals surface area contributed by atoms with E-state index in [4.69, 9.17) is 0 Å². The summed E-state index contributed by atoms with van der Waals surface area (Å²) in [5.74, 6) is -0.0770. The van der Waals surface area contributed by atoms with Crippen molar-refractivity contribution in [3.63, 3.8) is 0 Å². The number of halogens is 1. The van der Waals surface area contributed by atoms with Crippen molar-refractivity contribution in [3.8, 4) is 0 Å². The number of sulfonamides is 1. The highest BCUT2D eigenvalue weighted by Gasteiger charge is 2.13. The first kappa shape index (κ1) is 14.6. The van der Waals surface area contributed by atoms with Gasteiger partial charge in [0.25, 0.3) is 0 Å². The Bertz CT molecular complexity index is 482. The maximum Gasteiger partial charge on any atom is 0.240 e. The predicted octanol–water partition coefficient (Wildman–Crippen LogP) is 1.99. The summed E-state index contributed by atoms with van der Waals surface area (Å²) in [5.41, 5.74) is 0.510. The number of alkyl halides is 1. The zero-order valence-electron chi connectivity index (χ0n) is 9.44. The fourth-order valence-corrected chi connectivity index (χ4v) is 2.68. The van der Waals surface area contributed by atoms with E-state index in [-0.39, 0.29) is 10.7 Å². The van der Waals surface area contributed by atoms with Crippen molar-refractivity contribution in [2.75, 3.05) is 11.0 Å². The van der Waals surface area contributed by atoms with Crippen LogP contribution in [-0.2, 0) is 10.0 Å². The molecule has 1 N–H and O–H groups in total. The van der Waals surface area contributed by atoms with Crippen LogP contribution in [0.3, 0.4) is 0 Å². The summed E-state index contributed by atoms with van der Waals surface area (Å²) < 4.78 is 27.0. The lowest BCUT2D eigenvalue weighted by molar-refractivity contribution is 0.101. The maximum atomic E-state index is 11.8. The van der Waals surface area contributed by atoms with Gasteiger partial charge in [0.15, 0.2) is 5.78 Å². The quantitative estimate of drug-likeness (QED) is 0.362. The molecular formula is C11H14INO3S. The standard InChI is InChI=1S/C11H14INO3S/c1-9(14)10-3-5-11(6-4-10)17(15,16)13-8-2-7-12/h3-6,13H,2,7-8H2,1H3. The number of Topliss-reactive ketones (excluding diaryl/α,β-unsaturated/α-hetero) is 1. The first-order chi connectivity index (χ1) is 7.97. The molecule has 1 rings (SSSR count). The second-order valence-corrected chi connectivity index (χ2v) is 6.37. The molecule has 0 unspecified atom stereocenters. The first-order valence-electron chi connectivity index (χ1n) is 5.14. The minimum absolute atomic E-state index is 0.0770. The highest BCUT2D eigenvalue weighted by atomic mass is 127. The Balaban J connectivity index is 2.81. The van der Waals surface area contributed by atoms with E-state index >= 15 is 0 Å². The topological polar surface area (TPSA) is 63.2 Å². The number of hydrogen-bond donors (Lipinski definition) is 1. The fourth-order valence-electron chi connectivity index (χ4n) is 1.23. The summed E-state index contributed by atoms with van der Waals surface area (Å²) in [5, 5.41) is 0. The molecule has 0 aliphatic heterocycles. The van der Waals surface area contributed by atoms with E-state index < -0.39 is 10.0 Å². The lowest BCUT2D eigenvalue weighted by Crippen LogP contribution is -2.25. The molecule has 6 heteroatoms. The lowest BCUT2D eigenvalue weighted by Gasteiger charge is -2.06. The van der Waals surface area contributed by atoms with E-state index in [2.05, 4.69) is 27.3 Å². The molecule has 0 heterocycles. The Morgan fingerprint density at radius 2 is 1.88 bits per heavy atom. The molecule has 1 aromatic carbocycles. The van der Waals surface area contributed by atoms with E-state index in [1.807, 2.05) is 0 Å². The van der Waals surface area contributed by atoms with E-state index in [0.717, 1.165) is 10.8 Å². The molecular weight excluding hydrogens is 353 g/mol. The molecule has 0 aromatic heterocycles. The van der Waals surface area contributed by atoms with Gasteiger partial charge in [-0.1, -0.05) is 34.7 Å². The van der Waals surface area contributed by atoms with Crippen molar-refractivity contribution >= 4 is 38.4 Å². The number of ketones is 1. The molecule has 0 bridgehead atoms. The van der Waals surface area contributed by atoms with E-state index in [1.165, 1.54) is 31.2 Å². The van der Waals surface area contributed by atoms with Gasteiger partial charge < -0.3 is 0 Å². The largest absolute Gasteiger partial charge is 0.295 e. The smallest absolute Gasteiger partial charge is 0.240 e. The Morgan fingerprint density at radius 1 is 1.29 bits per heavy atom. The van der Waals surface area contributed by atoms with Gasteiger partial charge in [0, 0.05) is 16.5 Å². The molecule has 1 aromatic rings.